The van der Waals surface area contributed by atoms with E-state index in [1.54, 1.807) is 30.0 Å². The van der Waals surface area contributed by atoms with E-state index in [-0.39, 0.29) is 23.5 Å². The maximum absolute atomic E-state index is 13.8. The zero-order valence-electron chi connectivity index (χ0n) is 20.1. The first-order chi connectivity index (χ1) is 16.9. The Hall–Kier alpha value is -3.13. The molecule has 0 unspecified atom stereocenters. The molecule has 6 nitrogen and oxygen atoms in total. The minimum absolute atomic E-state index is 0.00901. The van der Waals surface area contributed by atoms with Crippen molar-refractivity contribution in [2.24, 2.45) is 5.92 Å². The minimum atomic E-state index is -0.251. The third-order valence-electron chi connectivity index (χ3n) is 6.48. The lowest BCUT2D eigenvalue weighted by Crippen LogP contribution is -2.43. The van der Waals surface area contributed by atoms with Crippen LogP contribution in [0.1, 0.15) is 45.8 Å². The van der Waals surface area contributed by atoms with Crippen molar-refractivity contribution in [3.8, 4) is 0 Å². The predicted octanol–water partition coefficient (Wildman–Crippen LogP) is 4.93. The molecule has 0 aliphatic carbocycles. The summed E-state index contributed by atoms with van der Waals surface area (Å²) in [5.74, 6) is 1.06. The Kier molecular flexibility index (Phi) is 8.23. The maximum Gasteiger partial charge on any atom is 0.254 e. The summed E-state index contributed by atoms with van der Waals surface area (Å²) >= 11 is 1.60. The normalized spacial score (nSPS) is 14.2. The molecular weight excluding hydrogens is 465 g/mol. The van der Waals surface area contributed by atoms with Crippen LogP contribution < -0.4 is 5.32 Å². The fourth-order valence-electron chi connectivity index (χ4n) is 4.31. The molecule has 2 heterocycles. The third-order valence-corrected chi connectivity index (χ3v) is 7.58. The Morgan fingerprint density at radius 3 is 2.54 bits per heavy atom. The maximum atomic E-state index is 13.8. The first kappa shape index (κ1) is 25.0. The number of nitrogens with zero attached hydrogens (tertiary/aromatic N) is 2. The minimum Gasteiger partial charge on any atom is -0.361 e. The van der Waals surface area contributed by atoms with Gasteiger partial charge in [-0.1, -0.05) is 35.5 Å². The number of likely N-dealkylation sites (tertiary alicyclic amines) is 1. The number of hydrogen-bond acceptors (Lipinski definition) is 5. The Morgan fingerprint density at radius 2 is 1.83 bits per heavy atom. The SMILES string of the molecule is Cc1noc(C)c1CSc1ccccc1C(=O)N1CCC(C(=O)NCCc2ccccc2F)CC1. The number of hydrogen-bond donors (Lipinski definition) is 1. The standard InChI is InChI=1S/C27H30FN3O3S/c1-18-23(19(2)34-30-18)17-35-25-10-6-4-8-22(25)27(33)31-15-12-21(13-16-31)26(32)29-14-11-20-7-3-5-9-24(20)28/h3-10,21H,11-17H2,1-2H3,(H,29,32). The zero-order valence-corrected chi connectivity index (χ0v) is 20.9. The first-order valence-corrected chi connectivity index (χ1v) is 12.9. The molecule has 184 valence electrons. The Balaban J connectivity index is 1.29. The number of nitrogens with one attached hydrogen (secondary N) is 1. The van der Waals surface area contributed by atoms with Gasteiger partial charge in [0.25, 0.3) is 5.91 Å². The summed E-state index contributed by atoms with van der Waals surface area (Å²) in [7, 11) is 0. The molecule has 0 saturated carbocycles. The van der Waals surface area contributed by atoms with Gasteiger partial charge >= 0.3 is 0 Å². The summed E-state index contributed by atoms with van der Waals surface area (Å²) in [5.41, 5.74) is 3.20. The largest absolute Gasteiger partial charge is 0.361 e. The van der Waals surface area contributed by atoms with Crippen molar-refractivity contribution < 1.29 is 18.5 Å². The van der Waals surface area contributed by atoms with E-state index >= 15 is 0 Å². The highest BCUT2D eigenvalue weighted by Crippen LogP contribution is 2.30. The van der Waals surface area contributed by atoms with Crippen LogP contribution in [0, 0.1) is 25.6 Å². The van der Waals surface area contributed by atoms with Crippen molar-refractivity contribution in [3.05, 3.63) is 82.5 Å². The van der Waals surface area contributed by atoms with Crippen LogP contribution >= 0.6 is 11.8 Å². The Morgan fingerprint density at radius 1 is 1.11 bits per heavy atom. The molecule has 0 radical (unpaired) electrons. The average molecular weight is 496 g/mol. The molecule has 2 amide bonds. The lowest BCUT2D eigenvalue weighted by molar-refractivity contribution is -0.126. The molecule has 1 N–H and O–H groups in total. The van der Waals surface area contributed by atoms with Gasteiger partial charge in [0.1, 0.15) is 11.6 Å². The van der Waals surface area contributed by atoms with Gasteiger partial charge in [-0.3, -0.25) is 9.59 Å². The highest BCUT2D eigenvalue weighted by Gasteiger charge is 2.28. The van der Waals surface area contributed by atoms with Crippen LogP contribution in [-0.2, 0) is 17.0 Å². The molecule has 35 heavy (non-hydrogen) atoms. The van der Waals surface area contributed by atoms with Crippen LogP contribution in [0.5, 0.6) is 0 Å². The van der Waals surface area contributed by atoms with Gasteiger partial charge in [-0.15, -0.1) is 11.8 Å². The molecule has 4 rings (SSSR count). The summed E-state index contributed by atoms with van der Waals surface area (Å²) in [4.78, 5) is 28.7. The van der Waals surface area contributed by atoms with Gasteiger partial charge in [-0.25, -0.2) is 4.39 Å². The van der Waals surface area contributed by atoms with Crippen LogP contribution in [0.2, 0.25) is 0 Å². The molecule has 8 heteroatoms. The Labute approximate surface area is 209 Å². The molecule has 0 bridgehead atoms. The van der Waals surface area contributed by atoms with Crippen molar-refractivity contribution >= 4 is 23.6 Å². The third kappa shape index (κ3) is 6.11. The van der Waals surface area contributed by atoms with E-state index in [1.807, 2.05) is 43.0 Å². The van der Waals surface area contributed by atoms with Crippen molar-refractivity contribution in [3.63, 3.8) is 0 Å². The topological polar surface area (TPSA) is 75.4 Å². The number of halogens is 1. The molecule has 1 saturated heterocycles. The average Bonchev–Trinajstić information content (AvgIpc) is 3.20. The summed E-state index contributed by atoms with van der Waals surface area (Å²) < 4.78 is 19.0. The highest BCUT2D eigenvalue weighted by atomic mass is 32.2. The van der Waals surface area contributed by atoms with Crippen LogP contribution in [0.4, 0.5) is 4.39 Å². The molecular formula is C27H30FN3O3S. The number of carbonyl (C=O) groups excluding carboxylic acids is 2. The van der Waals surface area contributed by atoms with E-state index in [0.29, 0.717) is 55.8 Å². The molecule has 1 aliphatic rings. The summed E-state index contributed by atoms with van der Waals surface area (Å²) in [6, 6.07) is 14.2. The number of piperidine rings is 1. The number of aryl methyl sites for hydroxylation is 2. The molecule has 1 aromatic heterocycles. The highest BCUT2D eigenvalue weighted by molar-refractivity contribution is 7.98. The van der Waals surface area contributed by atoms with E-state index in [1.165, 1.54) is 6.07 Å². The van der Waals surface area contributed by atoms with E-state index < -0.39 is 0 Å². The smallest absolute Gasteiger partial charge is 0.254 e. The second-order valence-corrected chi connectivity index (χ2v) is 9.80. The van der Waals surface area contributed by atoms with Crippen molar-refractivity contribution in [2.75, 3.05) is 19.6 Å². The van der Waals surface area contributed by atoms with Crippen LogP contribution in [-0.4, -0.2) is 41.5 Å². The second kappa shape index (κ2) is 11.5. The van der Waals surface area contributed by atoms with Crippen molar-refractivity contribution in [1.82, 2.24) is 15.4 Å². The summed E-state index contributed by atoms with van der Waals surface area (Å²) in [6.07, 6.45) is 1.69. The van der Waals surface area contributed by atoms with E-state index in [9.17, 15) is 14.0 Å². The molecule has 1 fully saturated rings. The van der Waals surface area contributed by atoms with Crippen LogP contribution in [0.3, 0.4) is 0 Å². The molecule has 3 aromatic rings. The number of amides is 2. The van der Waals surface area contributed by atoms with Crippen molar-refractivity contribution in [1.29, 1.82) is 0 Å². The fourth-order valence-corrected chi connectivity index (χ4v) is 5.51. The van der Waals surface area contributed by atoms with Gasteiger partial charge in [-0.05, 0) is 56.9 Å². The predicted molar refractivity (Wildman–Crippen MR) is 134 cm³/mol. The van der Waals surface area contributed by atoms with Gasteiger partial charge in [0.15, 0.2) is 0 Å². The summed E-state index contributed by atoms with van der Waals surface area (Å²) in [6.45, 7) is 5.28. The number of rotatable bonds is 8. The molecule has 0 spiro atoms. The van der Waals surface area contributed by atoms with E-state index in [2.05, 4.69) is 10.5 Å². The first-order valence-electron chi connectivity index (χ1n) is 11.9. The number of carbonyl (C=O) groups is 2. The second-order valence-electron chi connectivity index (χ2n) is 8.79. The number of aromatic nitrogens is 1. The molecule has 1 aliphatic heterocycles. The lowest BCUT2D eigenvalue weighted by atomic mass is 9.95. The number of thioether (sulfide) groups is 1. The van der Waals surface area contributed by atoms with E-state index in [0.717, 1.165) is 21.9 Å². The lowest BCUT2D eigenvalue weighted by Gasteiger charge is -2.31. The van der Waals surface area contributed by atoms with Gasteiger partial charge in [0, 0.05) is 41.8 Å². The Bertz CT molecular complexity index is 1170. The van der Waals surface area contributed by atoms with E-state index in [4.69, 9.17) is 4.52 Å². The monoisotopic (exact) mass is 495 g/mol. The van der Waals surface area contributed by atoms with Crippen LogP contribution in [0.15, 0.2) is 57.9 Å². The van der Waals surface area contributed by atoms with Gasteiger partial charge in [0.2, 0.25) is 5.91 Å². The van der Waals surface area contributed by atoms with Gasteiger partial charge in [0.05, 0.1) is 11.3 Å². The summed E-state index contributed by atoms with van der Waals surface area (Å²) in [5, 5.41) is 6.93. The van der Waals surface area contributed by atoms with Gasteiger partial charge < -0.3 is 14.7 Å². The molecule has 0 atom stereocenters. The van der Waals surface area contributed by atoms with Crippen LogP contribution in [0.25, 0.3) is 0 Å². The van der Waals surface area contributed by atoms with Gasteiger partial charge in [-0.2, -0.15) is 0 Å². The molecule has 2 aromatic carbocycles. The fraction of sp³-hybridized carbons (Fsp3) is 0.370. The number of benzene rings is 2. The zero-order chi connectivity index (χ0) is 24.8. The quantitative estimate of drug-likeness (QED) is 0.449. The van der Waals surface area contributed by atoms with Crippen molar-refractivity contribution in [2.45, 2.75) is 43.8 Å².